The first-order chi connectivity index (χ1) is 11.3. The molecule has 0 aliphatic carbocycles. The molecule has 0 aromatic heterocycles. The van der Waals surface area contributed by atoms with Gasteiger partial charge in [-0.05, 0) is 35.7 Å². The first-order valence-electron chi connectivity index (χ1n) is 7.02. The van der Waals surface area contributed by atoms with Crippen LogP contribution in [0.25, 0.3) is 0 Å². The minimum atomic E-state index is -3.75. The van der Waals surface area contributed by atoms with Gasteiger partial charge in [0.1, 0.15) is 4.90 Å². The van der Waals surface area contributed by atoms with Gasteiger partial charge in [-0.25, -0.2) is 13.1 Å². The fourth-order valence-electron chi connectivity index (χ4n) is 2.09. The highest BCUT2D eigenvalue weighted by Gasteiger charge is 2.17. The number of rotatable bonds is 7. The van der Waals surface area contributed by atoms with Crippen LogP contribution in [-0.4, -0.2) is 26.0 Å². The van der Waals surface area contributed by atoms with E-state index in [1.165, 1.54) is 18.2 Å². The van der Waals surface area contributed by atoms with Gasteiger partial charge in [0.25, 0.3) is 0 Å². The summed E-state index contributed by atoms with van der Waals surface area (Å²) in [4.78, 5) is 10.6. The number of hydrogen-bond acceptors (Lipinski definition) is 3. The highest BCUT2D eigenvalue weighted by Crippen LogP contribution is 2.24. The molecule has 0 saturated carbocycles. The molecule has 0 spiro atoms. The van der Waals surface area contributed by atoms with E-state index in [2.05, 4.69) is 4.72 Å². The summed E-state index contributed by atoms with van der Waals surface area (Å²) in [5, 5.41) is 9.11. The van der Waals surface area contributed by atoms with Crippen LogP contribution in [0.1, 0.15) is 11.1 Å². The predicted molar refractivity (Wildman–Crippen MR) is 93.1 cm³/mol. The van der Waals surface area contributed by atoms with Gasteiger partial charge >= 0.3 is 5.97 Å². The summed E-state index contributed by atoms with van der Waals surface area (Å²) in [6, 6.07) is 11.2. The van der Waals surface area contributed by atoms with E-state index in [1.807, 2.05) is 0 Å². The van der Waals surface area contributed by atoms with E-state index in [4.69, 9.17) is 28.3 Å². The quantitative estimate of drug-likeness (QED) is 0.764. The third-order valence-electron chi connectivity index (χ3n) is 3.27. The largest absolute Gasteiger partial charge is 0.481 e. The van der Waals surface area contributed by atoms with Crippen LogP contribution in [0.4, 0.5) is 0 Å². The smallest absolute Gasteiger partial charge is 0.307 e. The number of hydrogen-bond donors (Lipinski definition) is 2. The number of aliphatic carboxylic acids is 1. The lowest BCUT2D eigenvalue weighted by Gasteiger charge is -2.09. The predicted octanol–water partition coefficient (Wildman–Crippen LogP) is 3.14. The Morgan fingerprint density at radius 2 is 1.67 bits per heavy atom. The highest BCUT2D eigenvalue weighted by atomic mass is 35.5. The van der Waals surface area contributed by atoms with Crippen molar-refractivity contribution in [3.05, 3.63) is 63.6 Å². The minimum Gasteiger partial charge on any atom is -0.481 e. The van der Waals surface area contributed by atoms with Crippen molar-refractivity contribution in [2.45, 2.75) is 17.7 Å². The maximum absolute atomic E-state index is 12.3. The molecule has 0 fully saturated rings. The Morgan fingerprint density at radius 1 is 1.04 bits per heavy atom. The molecular formula is C16H15Cl2NO4S. The molecule has 0 bridgehead atoms. The Morgan fingerprint density at radius 3 is 2.29 bits per heavy atom. The standard InChI is InChI=1S/C16H15Cl2NO4S/c17-13-5-6-14(18)15(10-13)24(22,23)19-8-7-11-1-3-12(4-2-11)9-16(20)21/h1-6,10,19H,7-9H2,(H,20,21). The van der Waals surface area contributed by atoms with Crippen LogP contribution in [-0.2, 0) is 27.7 Å². The summed E-state index contributed by atoms with van der Waals surface area (Å²) >= 11 is 11.7. The Bertz CT molecular complexity index is 836. The summed E-state index contributed by atoms with van der Waals surface area (Å²) in [7, 11) is -3.75. The Labute approximate surface area is 150 Å². The average Bonchev–Trinajstić information content (AvgIpc) is 2.50. The summed E-state index contributed by atoms with van der Waals surface area (Å²) in [5.41, 5.74) is 1.58. The van der Waals surface area contributed by atoms with E-state index in [9.17, 15) is 13.2 Å². The Balaban J connectivity index is 1.98. The number of carbonyl (C=O) groups is 1. The minimum absolute atomic E-state index is 0.0415. The van der Waals surface area contributed by atoms with Crippen molar-refractivity contribution in [3.63, 3.8) is 0 Å². The first-order valence-corrected chi connectivity index (χ1v) is 9.26. The number of halogens is 2. The molecule has 2 rings (SSSR count). The first kappa shape index (κ1) is 18.7. The van der Waals surface area contributed by atoms with Crippen molar-refractivity contribution in [1.82, 2.24) is 4.72 Å². The maximum atomic E-state index is 12.3. The van der Waals surface area contributed by atoms with Crippen LogP contribution in [0.3, 0.4) is 0 Å². The van der Waals surface area contributed by atoms with E-state index >= 15 is 0 Å². The van der Waals surface area contributed by atoms with Crippen LogP contribution >= 0.6 is 23.2 Å². The summed E-state index contributed by atoms with van der Waals surface area (Å²) < 4.78 is 27.0. The second-order valence-electron chi connectivity index (χ2n) is 5.11. The second-order valence-corrected chi connectivity index (χ2v) is 7.69. The van der Waals surface area contributed by atoms with Gasteiger partial charge in [-0.15, -0.1) is 0 Å². The van der Waals surface area contributed by atoms with Crippen molar-refractivity contribution < 1.29 is 18.3 Å². The summed E-state index contributed by atoms with van der Waals surface area (Å²) in [6.45, 7) is 0.184. The van der Waals surface area contributed by atoms with Crippen LogP contribution < -0.4 is 4.72 Å². The molecule has 0 radical (unpaired) electrons. The van der Waals surface area contributed by atoms with Crippen LogP contribution in [0.2, 0.25) is 10.0 Å². The lowest BCUT2D eigenvalue weighted by atomic mass is 10.1. The van der Waals surface area contributed by atoms with Gasteiger partial charge in [0.15, 0.2) is 0 Å². The van der Waals surface area contributed by atoms with E-state index in [-0.39, 0.29) is 27.9 Å². The summed E-state index contributed by atoms with van der Waals surface area (Å²) in [5.74, 6) is -0.895. The monoisotopic (exact) mass is 387 g/mol. The molecule has 2 N–H and O–H groups in total. The van der Waals surface area contributed by atoms with Gasteiger partial charge < -0.3 is 5.11 Å². The van der Waals surface area contributed by atoms with Gasteiger partial charge in [0.05, 0.1) is 11.4 Å². The lowest BCUT2D eigenvalue weighted by molar-refractivity contribution is -0.136. The fourth-order valence-corrected chi connectivity index (χ4v) is 3.88. The Hall–Kier alpha value is -1.60. The van der Waals surface area contributed by atoms with Crippen LogP contribution in [0, 0.1) is 0 Å². The zero-order valence-corrected chi connectivity index (χ0v) is 14.8. The van der Waals surface area contributed by atoms with Crippen molar-refractivity contribution >= 4 is 39.2 Å². The average molecular weight is 388 g/mol. The molecule has 0 aliphatic heterocycles. The number of carboxylic acid groups (broad SMARTS) is 1. The van der Waals surface area contributed by atoms with E-state index in [0.29, 0.717) is 12.0 Å². The van der Waals surface area contributed by atoms with Gasteiger partial charge in [0.2, 0.25) is 10.0 Å². The topological polar surface area (TPSA) is 83.5 Å². The molecule has 2 aromatic rings. The highest BCUT2D eigenvalue weighted by molar-refractivity contribution is 7.89. The molecule has 0 aliphatic rings. The molecule has 5 nitrogen and oxygen atoms in total. The third kappa shape index (κ3) is 5.21. The third-order valence-corrected chi connectivity index (χ3v) is 5.44. The SMILES string of the molecule is O=C(O)Cc1ccc(CCNS(=O)(=O)c2cc(Cl)ccc2Cl)cc1. The number of nitrogens with one attached hydrogen (secondary N) is 1. The van der Waals surface area contributed by atoms with Gasteiger partial charge in [-0.1, -0.05) is 47.5 Å². The molecule has 0 saturated heterocycles. The van der Waals surface area contributed by atoms with Crippen LogP contribution in [0.15, 0.2) is 47.4 Å². The molecule has 0 heterocycles. The van der Waals surface area contributed by atoms with Crippen molar-refractivity contribution in [2.24, 2.45) is 0 Å². The molecule has 128 valence electrons. The zero-order valence-electron chi connectivity index (χ0n) is 12.5. The Kier molecular flexibility index (Phi) is 6.23. The molecule has 0 unspecified atom stereocenters. The number of carboxylic acids is 1. The van der Waals surface area contributed by atoms with Crippen molar-refractivity contribution in [3.8, 4) is 0 Å². The second kappa shape index (κ2) is 7.98. The number of benzene rings is 2. The van der Waals surface area contributed by atoms with Crippen LogP contribution in [0.5, 0.6) is 0 Å². The van der Waals surface area contributed by atoms with Gasteiger partial charge in [-0.2, -0.15) is 0 Å². The van der Waals surface area contributed by atoms with Gasteiger partial charge in [-0.3, -0.25) is 4.79 Å². The fraction of sp³-hybridized carbons (Fsp3) is 0.188. The zero-order chi connectivity index (χ0) is 17.7. The molecule has 0 atom stereocenters. The molecule has 8 heteroatoms. The molecule has 24 heavy (non-hydrogen) atoms. The molecular weight excluding hydrogens is 373 g/mol. The summed E-state index contributed by atoms with van der Waals surface area (Å²) in [6.07, 6.45) is 0.422. The van der Waals surface area contributed by atoms with E-state index < -0.39 is 16.0 Å². The lowest BCUT2D eigenvalue weighted by Crippen LogP contribution is -2.26. The normalized spacial score (nSPS) is 11.4. The van der Waals surface area contributed by atoms with Gasteiger partial charge in [0, 0.05) is 11.6 Å². The van der Waals surface area contributed by atoms with E-state index in [0.717, 1.165) is 5.56 Å². The van der Waals surface area contributed by atoms with Crippen molar-refractivity contribution in [2.75, 3.05) is 6.54 Å². The maximum Gasteiger partial charge on any atom is 0.307 e. The van der Waals surface area contributed by atoms with E-state index in [1.54, 1.807) is 24.3 Å². The number of sulfonamides is 1. The molecule has 2 aromatic carbocycles. The molecule has 0 amide bonds. The van der Waals surface area contributed by atoms with Crippen molar-refractivity contribution in [1.29, 1.82) is 0 Å².